The summed E-state index contributed by atoms with van der Waals surface area (Å²) in [7, 11) is 1.56. The van der Waals surface area contributed by atoms with E-state index in [0.717, 1.165) is 28.9 Å². The topological polar surface area (TPSA) is 56.1 Å². The van der Waals surface area contributed by atoms with Gasteiger partial charge in [-0.1, -0.05) is 42.8 Å². The molecule has 4 rings (SSSR count). The molecule has 31 heavy (non-hydrogen) atoms. The van der Waals surface area contributed by atoms with Gasteiger partial charge < -0.3 is 10.1 Å². The Morgan fingerprint density at radius 1 is 1.23 bits per heavy atom. The maximum absolute atomic E-state index is 13.3. The van der Waals surface area contributed by atoms with Crippen molar-refractivity contribution in [1.82, 2.24) is 15.1 Å². The average molecular weight is 420 g/mol. The van der Waals surface area contributed by atoms with Crippen LogP contribution in [-0.4, -0.2) is 22.9 Å². The number of allylic oxidation sites excluding steroid dienone is 1. The molecule has 1 aliphatic carbocycles. The zero-order valence-electron chi connectivity index (χ0n) is 17.9. The maximum Gasteiger partial charge on any atom is 0.407 e. The molecule has 1 heterocycles. The van der Waals surface area contributed by atoms with E-state index in [9.17, 15) is 9.18 Å². The van der Waals surface area contributed by atoms with E-state index in [-0.39, 0.29) is 17.3 Å². The zero-order chi connectivity index (χ0) is 22.0. The minimum absolute atomic E-state index is 0.210. The minimum atomic E-state index is -0.445. The van der Waals surface area contributed by atoms with Gasteiger partial charge in [0.15, 0.2) is 0 Å². The van der Waals surface area contributed by atoms with Gasteiger partial charge in [-0.3, -0.25) is 0 Å². The van der Waals surface area contributed by atoms with Gasteiger partial charge in [-0.05, 0) is 66.6 Å². The summed E-state index contributed by atoms with van der Waals surface area (Å²) in [5, 5.41) is 7.10. The number of fused-ring (bicyclic) bond motifs is 1. The number of nitrogens with zero attached hydrogens (tertiary/aromatic N) is 2. The molecule has 0 aliphatic heterocycles. The number of halogens is 1. The number of benzene rings is 2. The summed E-state index contributed by atoms with van der Waals surface area (Å²) in [6, 6.07) is 16.1. The molecule has 0 spiro atoms. The third-order valence-electron chi connectivity index (χ3n) is 6.10. The number of carbonyl (C=O) groups excluding carboxylic acids is 1. The van der Waals surface area contributed by atoms with Crippen molar-refractivity contribution in [3.63, 3.8) is 0 Å². The van der Waals surface area contributed by atoms with Crippen molar-refractivity contribution in [1.29, 1.82) is 0 Å². The quantitative estimate of drug-likeness (QED) is 0.597. The molecule has 160 valence electrons. The van der Waals surface area contributed by atoms with Crippen molar-refractivity contribution >= 4 is 12.2 Å². The number of rotatable bonds is 5. The van der Waals surface area contributed by atoms with Crippen LogP contribution in [0.2, 0.25) is 0 Å². The van der Waals surface area contributed by atoms with Crippen LogP contribution in [-0.2, 0) is 11.2 Å². The molecule has 2 atom stereocenters. The van der Waals surface area contributed by atoms with E-state index in [2.05, 4.69) is 30.3 Å². The van der Waals surface area contributed by atoms with Gasteiger partial charge >= 0.3 is 6.09 Å². The van der Waals surface area contributed by atoms with Crippen molar-refractivity contribution in [3.05, 3.63) is 89.0 Å². The van der Waals surface area contributed by atoms with E-state index in [4.69, 9.17) is 4.74 Å². The lowest BCUT2D eigenvalue weighted by Crippen LogP contribution is -2.30. The lowest BCUT2D eigenvalue weighted by molar-refractivity contribution is 0.0726. The Morgan fingerprint density at radius 3 is 2.61 bits per heavy atom. The van der Waals surface area contributed by atoms with E-state index in [1.165, 1.54) is 17.7 Å². The Morgan fingerprint density at radius 2 is 1.94 bits per heavy atom. The van der Waals surface area contributed by atoms with Gasteiger partial charge in [0.25, 0.3) is 0 Å². The summed E-state index contributed by atoms with van der Waals surface area (Å²) in [4.78, 5) is 12.0. The first-order valence-corrected chi connectivity index (χ1v) is 10.3. The molecule has 1 N–H and O–H groups in total. The lowest BCUT2D eigenvalue weighted by atomic mass is 9.70. The van der Waals surface area contributed by atoms with E-state index in [1.54, 1.807) is 19.2 Å². The molecule has 2 aromatic carbocycles. The third kappa shape index (κ3) is 4.24. The number of amides is 1. The van der Waals surface area contributed by atoms with Crippen molar-refractivity contribution in [3.8, 4) is 5.69 Å². The Hall–Kier alpha value is -3.41. The average Bonchev–Trinajstić information content (AvgIpc) is 3.16. The number of alkyl carbamates (subject to hydrolysis) is 1. The first kappa shape index (κ1) is 20.8. The molecule has 1 aromatic heterocycles. The number of carbonyl (C=O) groups is 1. The van der Waals surface area contributed by atoms with Gasteiger partial charge in [-0.2, -0.15) is 5.10 Å². The molecule has 0 saturated carbocycles. The molecule has 0 fully saturated rings. The SMILES string of the molecule is CNC(=O)OC(C[C@]1(C)Cc2cnn(-c3ccc(F)cc3)c2C=C1C)c1ccccc1. The molecule has 6 heteroatoms. The maximum atomic E-state index is 13.3. The fraction of sp³-hybridized carbons (Fsp3) is 0.280. The Labute approximate surface area is 181 Å². The molecule has 1 aliphatic rings. The van der Waals surface area contributed by atoms with E-state index >= 15 is 0 Å². The van der Waals surface area contributed by atoms with Crippen molar-refractivity contribution < 1.29 is 13.9 Å². The van der Waals surface area contributed by atoms with Crippen molar-refractivity contribution in [2.45, 2.75) is 32.8 Å². The summed E-state index contributed by atoms with van der Waals surface area (Å²) in [6.45, 7) is 4.30. The Bertz CT molecular complexity index is 1110. The highest BCUT2D eigenvalue weighted by molar-refractivity contribution is 5.67. The predicted octanol–water partition coefficient (Wildman–Crippen LogP) is 5.46. The fourth-order valence-corrected chi connectivity index (χ4v) is 4.13. The number of hydrogen-bond donors (Lipinski definition) is 1. The standard InChI is InChI=1S/C25H26FN3O2/c1-17-13-22-19(16-28-29(22)21-11-9-20(26)10-12-21)14-25(17,2)15-23(31-24(30)27-3)18-7-5-4-6-8-18/h4-13,16,23H,14-15H2,1-3H3,(H,27,30)/t23?,25-/m0/s1. The van der Waals surface area contributed by atoms with Crippen LogP contribution < -0.4 is 5.32 Å². The van der Waals surface area contributed by atoms with E-state index in [1.807, 2.05) is 41.2 Å². The first-order chi connectivity index (χ1) is 14.9. The van der Waals surface area contributed by atoms with Crippen LogP contribution in [0.15, 0.2) is 66.4 Å². The monoisotopic (exact) mass is 419 g/mol. The second kappa shape index (κ2) is 8.38. The summed E-state index contributed by atoms with van der Waals surface area (Å²) in [5.74, 6) is -0.271. The first-order valence-electron chi connectivity index (χ1n) is 10.3. The molecule has 0 radical (unpaired) electrons. The number of nitrogens with one attached hydrogen (secondary N) is 1. The number of aromatic nitrogens is 2. The van der Waals surface area contributed by atoms with Crippen molar-refractivity contribution in [2.24, 2.45) is 5.41 Å². The largest absolute Gasteiger partial charge is 0.441 e. The number of hydrogen-bond acceptors (Lipinski definition) is 3. The van der Waals surface area contributed by atoms with Gasteiger partial charge in [-0.15, -0.1) is 0 Å². The highest BCUT2D eigenvalue weighted by Crippen LogP contribution is 2.45. The smallest absolute Gasteiger partial charge is 0.407 e. The molecule has 0 bridgehead atoms. The van der Waals surface area contributed by atoms with E-state index < -0.39 is 6.09 Å². The predicted molar refractivity (Wildman–Crippen MR) is 118 cm³/mol. The fourth-order valence-electron chi connectivity index (χ4n) is 4.13. The Kier molecular flexibility index (Phi) is 5.63. The van der Waals surface area contributed by atoms with Crippen LogP contribution in [0.5, 0.6) is 0 Å². The summed E-state index contributed by atoms with van der Waals surface area (Å²) < 4.78 is 20.9. The van der Waals surface area contributed by atoms with Crippen LogP contribution in [0.25, 0.3) is 11.8 Å². The molecule has 3 aromatic rings. The zero-order valence-corrected chi connectivity index (χ0v) is 17.9. The van der Waals surface area contributed by atoms with Crippen LogP contribution in [0.4, 0.5) is 9.18 Å². The van der Waals surface area contributed by atoms with Crippen LogP contribution in [0.3, 0.4) is 0 Å². The number of ether oxygens (including phenoxy) is 1. The molecule has 0 saturated heterocycles. The van der Waals surface area contributed by atoms with E-state index in [0.29, 0.717) is 6.42 Å². The van der Waals surface area contributed by atoms with Gasteiger partial charge in [0, 0.05) is 7.05 Å². The van der Waals surface area contributed by atoms with Crippen LogP contribution in [0, 0.1) is 11.2 Å². The normalized spacial score (nSPS) is 18.6. The highest BCUT2D eigenvalue weighted by Gasteiger charge is 2.36. The van der Waals surface area contributed by atoms with Crippen LogP contribution >= 0.6 is 0 Å². The highest BCUT2D eigenvalue weighted by atomic mass is 19.1. The second-order valence-electron chi connectivity index (χ2n) is 8.27. The van der Waals surface area contributed by atoms with Gasteiger partial charge in [-0.25, -0.2) is 13.9 Å². The molecule has 1 unspecified atom stereocenters. The van der Waals surface area contributed by atoms with Gasteiger partial charge in [0.1, 0.15) is 11.9 Å². The van der Waals surface area contributed by atoms with Gasteiger partial charge in [0.2, 0.25) is 0 Å². The Balaban J connectivity index is 1.64. The third-order valence-corrected chi connectivity index (χ3v) is 6.10. The minimum Gasteiger partial charge on any atom is -0.441 e. The summed E-state index contributed by atoms with van der Waals surface area (Å²) >= 11 is 0. The molecule has 5 nitrogen and oxygen atoms in total. The lowest BCUT2D eigenvalue weighted by Gasteiger charge is -2.37. The van der Waals surface area contributed by atoms with Gasteiger partial charge in [0.05, 0.1) is 17.6 Å². The second-order valence-corrected chi connectivity index (χ2v) is 8.27. The molecule has 1 amide bonds. The summed E-state index contributed by atoms with van der Waals surface area (Å²) in [6.07, 6.45) is 4.61. The van der Waals surface area contributed by atoms with Crippen molar-refractivity contribution in [2.75, 3.05) is 7.05 Å². The summed E-state index contributed by atoms with van der Waals surface area (Å²) in [5.41, 5.74) is 4.88. The molecular weight excluding hydrogens is 393 g/mol. The molecular formula is C25H26FN3O2. The van der Waals surface area contributed by atoms with Crippen LogP contribution in [0.1, 0.15) is 43.2 Å².